The Morgan fingerprint density at radius 3 is 2.71 bits per heavy atom. The summed E-state index contributed by atoms with van der Waals surface area (Å²) in [5.41, 5.74) is 6.59. The number of carbonyl (C=O) groups is 1. The van der Waals surface area contributed by atoms with Gasteiger partial charge in [0.25, 0.3) is 0 Å². The Bertz CT molecular complexity index is 460. The quantitative estimate of drug-likeness (QED) is 0.900. The van der Waals surface area contributed by atoms with Gasteiger partial charge in [-0.05, 0) is 12.0 Å². The van der Waals surface area contributed by atoms with Crippen LogP contribution in [0.2, 0.25) is 0 Å². The summed E-state index contributed by atoms with van der Waals surface area (Å²) in [7, 11) is 0. The van der Waals surface area contributed by atoms with Crippen molar-refractivity contribution in [2.75, 3.05) is 0 Å². The van der Waals surface area contributed by atoms with Crippen molar-refractivity contribution in [2.24, 2.45) is 5.73 Å². The molecule has 1 aliphatic carbocycles. The van der Waals surface area contributed by atoms with Gasteiger partial charge in [-0.3, -0.25) is 0 Å². The fourth-order valence-corrected chi connectivity index (χ4v) is 2.23. The number of benzene rings is 1. The molecule has 7 heteroatoms. The van der Waals surface area contributed by atoms with E-state index in [0.29, 0.717) is 0 Å². The average Bonchev–Trinajstić information content (AvgIpc) is 2.42. The third-order valence-corrected chi connectivity index (χ3v) is 3.39. The summed E-state index contributed by atoms with van der Waals surface area (Å²) in [6, 6.07) is 7.93. The van der Waals surface area contributed by atoms with Gasteiger partial charge in [0.15, 0.2) is 0 Å². The smallest absolute Gasteiger partial charge is 0.407 e. The molecule has 0 radical (unpaired) electrons. The first-order chi connectivity index (χ1) is 9.46. The number of carbonyl (C=O) groups excluding carboxylic acids is 1. The standard InChI is InChI=1S/C14H18F2N2O2.ClH/c15-14(16)7-6-11(17)12(8-14)18-13(19)20-9-10-4-2-1-3-5-10;/h1-5,11-12H,6-9,17H2,(H,18,19);1H/t11-,12-;/m1./s1. The monoisotopic (exact) mass is 320 g/mol. The fraction of sp³-hybridized carbons (Fsp3) is 0.500. The summed E-state index contributed by atoms with van der Waals surface area (Å²) in [5, 5.41) is 2.43. The minimum atomic E-state index is -2.77. The van der Waals surface area contributed by atoms with Gasteiger partial charge < -0.3 is 15.8 Å². The molecule has 118 valence electrons. The zero-order chi connectivity index (χ0) is 14.6. The second-order valence-electron chi connectivity index (χ2n) is 5.08. The predicted molar refractivity (Wildman–Crippen MR) is 77.6 cm³/mol. The van der Waals surface area contributed by atoms with Crippen molar-refractivity contribution in [3.8, 4) is 0 Å². The summed E-state index contributed by atoms with van der Waals surface area (Å²) in [5.74, 6) is -2.77. The van der Waals surface area contributed by atoms with E-state index in [9.17, 15) is 13.6 Å². The van der Waals surface area contributed by atoms with Gasteiger partial charge >= 0.3 is 6.09 Å². The van der Waals surface area contributed by atoms with E-state index >= 15 is 0 Å². The molecule has 2 rings (SSSR count). The summed E-state index contributed by atoms with van der Waals surface area (Å²) < 4.78 is 31.6. The lowest BCUT2D eigenvalue weighted by atomic mass is 9.88. The number of alkyl carbamates (subject to hydrolysis) is 1. The maximum Gasteiger partial charge on any atom is 0.407 e. The molecular formula is C14H19ClF2N2O2. The molecular weight excluding hydrogens is 302 g/mol. The lowest BCUT2D eigenvalue weighted by molar-refractivity contribution is -0.0482. The number of hydrogen-bond acceptors (Lipinski definition) is 3. The molecule has 2 atom stereocenters. The lowest BCUT2D eigenvalue weighted by Crippen LogP contribution is -2.53. The Hall–Kier alpha value is -1.40. The summed E-state index contributed by atoms with van der Waals surface area (Å²) in [6.07, 6.45) is -1.19. The topological polar surface area (TPSA) is 64.3 Å². The van der Waals surface area contributed by atoms with Crippen molar-refractivity contribution < 1.29 is 18.3 Å². The van der Waals surface area contributed by atoms with Gasteiger partial charge in [-0.15, -0.1) is 12.4 Å². The first kappa shape index (κ1) is 17.7. The molecule has 3 N–H and O–H groups in total. The van der Waals surface area contributed by atoms with E-state index in [0.717, 1.165) is 5.56 Å². The van der Waals surface area contributed by atoms with E-state index < -0.39 is 30.5 Å². The minimum absolute atomic E-state index is 0. The number of rotatable bonds is 3. The van der Waals surface area contributed by atoms with E-state index in [2.05, 4.69) is 5.32 Å². The van der Waals surface area contributed by atoms with Crippen LogP contribution in [-0.2, 0) is 11.3 Å². The fourth-order valence-electron chi connectivity index (χ4n) is 2.23. The Balaban J connectivity index is 0.00000220. The van der Waals surface area contributed by atoms with Gasteiger partial charge in [0, 0.05) is 18.9 Å². The SMILES string of the molecule is Cl.N[C@@H]1CCC(F)(F)C[C@H]1NC(=O)OCc1ccccc1. The third kappa shape index (κ3) is 5.47. The Morgan fingerprint density at radius 2 is 2.05 bits per heavy atom. The molecule has 1 aromatic rings. The van der Waals surface area contributed by atoms with E-state index in [1.54, 1.807) is 0 Å². The molecule has 0 bridgehead atoms. The minimum Gasteiger partial charge on any atom is -0.445 e. The third-order valence-electron chi connectivity index (χ3n) is 3.39. The molecule has 0 aliphatic heterocycles. The maximum atomic E-state index is 13.3. The van der Waals surface area contributed by atoms with Crippen LogP contribution in [0, 0.1) is 0 Å². The zero-order valence-corrected chi connectivity index (χ0v) is 12.2. The molecule has 1 saturated carbocycles. The highest BCUT2D eigenvalue weighted by Gasteiger charge is 2.40. The van der Waals surface area contributed by atoms with E-state index in [4.69, 9.17) is 10.5 Å². The number of amides is 1. The van der Waals surface area contributed by atoms with Crippen molar-refractivity contribution in [1.29, 1.82) is 0 Å². The van der Waals surface area contributed by atoms with Gasteiger partial charge in [-0.2, -0.15) is 0 Å². The summed E-state index contributed by atoms with van der Waals surface area (Å²) in [6.45, 7) is 0.102. The molecule has 1 aliphatic rings. The van der Waals surface area contributed by atoms with E-state index in [-0.39, 0.29) is 31.9 Å². The average molecular weight is 321 g/mol. The number of ether oxygens (including phenoxy) is 1. The molecule has 21 heavy (non-hydrogen) atoms. The normalized spacial score (nSPS) is 23.8. The van der Waals surface area contributed by atoms with Crippen molar-refractivity contribution >= 4 is 18.5 Å². The summed E-state index contributed by atoms with van der Waals surface area (Å²) in [4.78, 5) is 11.6. The Morgan fingerprint density at radius 1 is 1.38 bits per heavy atom. The number of nitrogens with two attached hydrogens (primary N) is 1. The first-order valence-corrected chi connectivity index (χ1v) is 6.57. The molecule has 4 nitrogen and oxygen atoms in total. The van der Waals surface area contributed by atoms with Crippen LogP contribution in [0.1, 0.15) is 24.8 Å². The molecule has 0 spiro atoms. The van der Waals surface area contributed by atoms with Crippen LogP contribution < -0.4 is 11.1 Å². The maximum absolute atomic E-state index is 13.3. The highest BCUT2D eigenvalue weighted by Crippen LogP contribution is 2.32. The molecule has 0 unspecified atom stereocenters. The highest BCUT2D eigenvalue weighted by atomic mass is 35.5. The first-order valence-electron chi connectivity index (χ1n) is 6.57. The molecule has 0 aromatic heterocycles. The van der Waals surface area contributed by atoms with Crippen LogP contribution in [0.25, 0.3) is 0 Å². The van der Waals surface area contributed by atoms with Crippen LogP contribution in [0.4, 0.5) is 13.6 Å². The Labute approximate surface area is 128 Å². The van der Waals surface area contributed by atoms with Gasteiger partial charge in [0.1, 0.15) is 6.61 Å². The van der Waals surface area contributed by atoms with Crippen molar-refractivity contribution in [3.63, 3.8) is 0 Å². The number of hydrogen-bond donors (Lipinski definition) is 2. The zero-order valence-electron chi connectivity index (χ0n) is 11.4. The van der Waals surface area contributed by atoms with Gasteiger partial charge in [0.05, 0.1) is 6.04 Å². The molecule has 0 heterocycles. The van der Waals surface area contributed by atoms with E-state index in [1.807, 2.05) is 30.3 Å². The molecule has 1 fully saturated rings. The van der Waals surface area contributed by atoms with Gasteiger partial charge in [-0.25, -0.2) is 13.6 Å². The number of alkyl halides is 2. The molecule has 1 amide bonds. The van der Waals surface area contributed by atoms with Crippen LogP contribution in [-0.4, -0.2) is 24.1 Å². The highest BCUT2D eigenvalue weighted by molar-refractivity contribution is 5.85. The number of nitrogens with one attached hydrogen (secondary N) is 1. The second kappa shape index (κ2) is 7.56. The molecule has 1 aromatic carbocycles. The summed E-state index contributed by atoms with van der Waals surface area (Å²) >= 11 is 0. The van der Waals surface area contributed by atoms with Crippen molar-refractivity contribution in [1.82, 2.24) is 5.32 Å². The van der Waals surface area contributed by atoms with Crippen LogP contribution in [0.15, 0.2) is 30.3 Å². The van der Waals surface area contributed by atoms with Crippen molar-refractivity contribution in [3.05, 3.63) is 35.9 Å². The molecule has 0 saturated heterocycles. The van der Waals surface area contributed by atoms with Gasteiger partial charge in [-0.1, -0.05) is 30.3 Å². The largest absolute Gasteiger partial charge is 0.445 e. The van der Waals surface area contributed by atoms with Crippen LogP contribution in [0.3, 0.4) is 0 Å². The van der Waals surface area contributed by atoms with Crippen LogP contribution >= 0.6 is 12.4 Å². The van der Waals surface area contributed by atoms with Gasteiger partial charge in [0.2, 0.25) is 5.92 Å². The lowest BCUT2D eigenvalue weighted by Gasteiger charge is -2.33. The van der Waals surface area contributed by atoms with Crippen molar-refractivity contribution in [2.45, 2.75) is 43.9 Å². The second-order valence-corrected chi connectivity index (χ2v) is 5.08. The van der Waals surface area contributed by atoms with Crippen LogP contribution in [0.5, 0.6) is 0 Å². The van der Waals surface area contributed by atoms with E-state index in [1.165, 1.54) is 0 Å². The Kier molecular flexibility index (Phi) is 6.36. The number of halogens is 3. The predicted octanol–water partition coefficient (Wildman–Crippen LogP) is 2.85.